The summed E-state index contributed by atoms with van der Waals surface area (Å²) in [5.74, 6) is -1.36. The molecule has 0 saturated carbocycles. The van der Waals surface area contributed by atoms with Gasteiger partial charge in [0, 0.05) is 12.6 Å². The van der Waals surface area contributed by atoms with Crippen LogP contribution in [0.4, 0.5) is 4.39 Å². The zero-order chi connectivity index (χ0) is 9.90. The van der Waals surface area contributed by atoms with Crippen molar-refractivity contribution in [2.24, 2.45) is 5.73 Å². The first-order valence-electron chi connectivity index (χ1n) is 3.64. The molecule has 0 aliphatic carbocycles. The summed E-state index contributed by atoms with van der Waals surface area (Å²) in [5.41, 5.74) is 3.87. The number of rotatable bonds is 4. The van der Waals surface area contributed by atoms with E-state index in [1.807, 2.05) is 0 Å². The number of carbonyl (C=O) groups is 1. The van der Waals surface area contributed by atoms with E-state index in [9.17, 15) is 9.18 Å². The Morgan fingerprint density at radius 2 is 2.54 bits per heavy atom. The van der Waals surface area contributed by atoms with Gasteiger partial charge in [-0.15, -0.1) is 0 Å². The van der Waals surface area contributed by atoms with Crippen LogP contribution in [-0.2, 0) is 11.2 Å². The number of aromatic nitrogens is 2. The highest BCUT2D eigenvalue weighted by molar-refractivity contribution is 5.79. The minimum Gasteiger partial charge on any atom is -0.480 e. The van der Waals surface area contributed by atoms with E-state index in [0.717, 1.165) is 0 Å². The van der Waals surface area contributed by atoms with Crippen LogP contribution >= 0.6 is 0 Å². The van der Waals surface area contributed by atoms with Crippen molar-refractivity contribution in [3.8, 4) is 0 Å². The second kappa shape index (κ2) is 3.53. The Kier molecular flexibility index (Phi) is 2.62. The Labute approximate surface area is 73.8 Å². The smallest absolute Gasteiger partial charge is 0.326 e. The molecular weight excluding hydrogens is 177 g/mol. The molecule has 0 spiro atoms. The van der Waals surface area contributed by atoms with Crippen LogP contribution in [0, 0.1) is 0 Å². The Morgan fingerprint density at radius 1 is 1.85 bits per heavy atom. The van der Waals surface area contributed by atoms with Crippen molar-refractivity contribution >= 4 is 5.97 Å². The highest BCUT2D eigenvalue weighted by atomic mass is 19.1. The number of halogens is 1. The fourth-order valence-electron chi connectivity index (χ4n) is 0.891. The van der Waals surface area contributed by atoms with E-state index in [2.05, 4.69) is 9.97 Å². The van der Waals surface area contributed by atoms with Crippen LogP contribution in [0.15, 0.2) is 12.5 Å². The maximum Gasteiger partial charge on any atom is 0.326 e. The molecule has 0 unspecified atom stereocenters. The van der Waals surface area contributed by atoms with E-state index in [0.29, 0.717) is 5.69 Å². The largest absolute Gasteiger partial charge is 0.480 e. The van der Waals surface area contributed by atoms with E-state index in [4.69, 9.17) is 10.8 Å². The first-order valence-corrected chi connectivity index (χ1v) is 3.64. The molecule has 6 heteroatoms. The molecule has 0 bridgehead atoms. The molecule has 13 heavy (non-hydrogen) atoms. The molecule has 0 aliphatic heterocycles. The molecule has 1 atom stereocenters. The monoisotopic (exact) mass is 187 g/mol. The number of nitrogens with zero attached hydrogens (tertiary/aromatic N) is 1. The first kappa shape index (κ1) is 9.66. The van der Waals surface area contributed by atoms with Crippen molar-refractivity contribution in [2.75, 3.05) is 6.67 Å². The number of aliphatic carboxylic acids is 1. The van der Waals surface area contributed by atoms with E-state index in [-0.39, 0.29) is 6.42 Å². The third kappa shape index (κ3) is 2.03. The molecule has 0 saturated heterocycles. The topological polar surface area (TPSA) is 92.0 Å². The van der Waals surface area contributed by atoms with Crippen LogP contribution < -0.4 is 5.73 Å². The van der Waals surface area contributed by atoms with Crippen molar-refractivity contribution in [3.63, 3.8) is 0 Å². The van der Waals surface area contributed by atoms with Crippen LogP contribution in [-0.4, -0.2) is 33.3 Å². The van der Waals surface area contributed by atoms with Gasteiger partial charge >= 0.3 is 5.97 Å². The second-order valence-corrected chi connectivity index (χ2v) is 2.83. The van der Waals surface area contributed by atoms with Crippen LogP contribution in [0.25, 0.3) is 0 Å². The van der Waals surface area contributed by atoms with Gasteiger partial charge in [0.15, 0.2) is 0 Å². The molecule has 1 heterocycles. The molecule has 0 fully saturated rings. The Bertz CT molecular complexity index is 288. The maximum atomic E-state index is 12.3. The minimum absolute atomic E-state index is 0.123. The molecule has 1 aromatic heterocycles. The number of imidazole rings is 1. The number of nitrogens with one attached hydrogen (secondary N) is 1. The van der Waals surface area contributed by atoms with E-state index in [1.54, 1.807) is 0 Å². The predicted molar refractivity (Wildman–Crippen MR) is 42.8 cm³/mol. The average molecular weight is 187 g/mol. The molecule has 0 amide bonds. The lowest BCUT2D eigenvalue weighted by atomic mass is 9.97. The zero-order valence-corrected chi connectivity index (χ0v) is 6.83. The molecule has 0 radical (unpaired) electrons. The molecule has 0 aromatic carbocycles. The number of H-pyrrole nitrogens is 1. The lowest BCUT2D eigenvalue weighted by Gasteiger charge is -2.19. The van der Waals surface area contributed by atoms with Crippen LogP contribution in [0.1, 0.15) is 5.69 Å². The highest BCUT2D eigenvalue weighted by Crippen LogP contribution is 2.09. The summed E-state index contributed by atoms with van der Waals surface area (Å²) < 4.78 is 12.3. The number of nitrogens with two attached hydrogens (primary N) is 1. The SMILES string of the molecule is N[C@](CF)(Cc1c[nH]cn1)C(=O)O. The zero-order valence-electron chi connectivity index (χ0n) is 6.83. The summed E-state index contributed by atoms with van der Waals surface area (Å²) in [6, 6.07) is 0. The van der Waals surface area contributed by atoms with Gasteiger partial charge in [-0.3, -0.25) is 4.79 Å². The molecule has 1 rings (SSSR count). The van der Waals surface area contributed by atoms with Crippen molar-refractivity contribution in [1.29, 1.82) is 0 Å². The fourth-order valence-corrected chi connectivity index (χ4v) is 0.891. The quantitative estimate of drug-likeness (QED) is 0.603. The standard InChI is InChI=1S/C7H10FN3O2/c8-3-7(9,6(12)13)1-5-2-10-4-11-5/h2,4H,1,3,9H2,(H,10,11)(H,12,13)/t7-/m0/s1. The summed E-state index contributed by atoms with van der Waals surface area (Å²) in [6.07, 6.45) is 2.75. The van der Waals surface area contributed by atoms with Gasteiger partial charge < -0.3 is 15.8 Å². The van der Waals surface area contributed by atoms with Crippen LogP contribution in [0.5, 0.6) is 0 Å². The Hall–Kier alpha value is -1.43. The maximum absolute atomic E-state index is 12.3. The summed E-state index contributed by atoms with van der Waals surface area (Å²) in [5, 5.41) is 8.63. The lowest BCUT2D eigenvalue weighted by Crippen LogP contribution is -2.52. The number of hydrogen-bond acceptors (Lipinski definition) is 3. The van der Waals surface area contributed by atoms with Crippen molar-refractivity contribution in [2.45, 2.75) is 12.0 Å². The number of aromatic amines is 1. The van der Waals surface area contributed by atoms with E-state index < -0.39 is 18.2 Å². The van der Waals surface area contributed by atoms with Crippen molar-refractivity contribution in [3.05, 3.63) is 18.2 Å². The third-order valence-corrected chi connectivity index (χ3v) is 1.72. The number of alkyl halides is 1. The lowest BCUT2D eigenvalue weighted by molar-refractivity contribution is -0.144. The second-order valence-electron chi connectivity index (χ2n) is 2.83. The average Bonchev–Trinajstić information content (AvgIpc) is 2.56. The summed E-state index contributed by atoms with van der Waals surface area (Å²) >= 11 is 0. The van der Waals surface area contributed by atoms with E-state index >= 15 is 0 Å². The number of carboxylic acid groups (broad SMARTS) is 1. The fraction of sp³-hybridized carbons (Fsp3) is 0.429. The van der Waals surface area contributed by atoms with Gasteiger partial charge in [-0.05, 0) is 0 Å². The molecule has 4 N–H and O–H groups in total. The van der Waals surface area contributed by atoms with Crippen LogP contribution in [0.3, 0.4) is 0 Å². The normalized spacial score (nSPS) is 15.2. The van der Waals surface area contributed by atoms with Gasteiger partial charge in [0.25, 0.3) is 0 Å². The van der Waals surface area contributed by atoms with Gasteiger partial charge in [0.1, 0.15) is 12.2 Å². The van der Waals surface area contributed by atoms with Crippen molar-refractivity contribution < 1.29 is 14.3 Å². The highest BCUT2D eigenvalue weighted by Gasteiger charge is 2.35. The molecule has 5 nitrogen and oxygen atoms in total. The summed E-state index contributed by atoms with van der Waals surface area (Å²) in [6.45, 7) is -1.12. The van der Waals surface area contributed by atoms with Crippen LogP contribution in [0.2, 0.25) is 0 Å². The van der Waals surface area contributed by atoms with Gasteiger partial charge in [-0.2, -0.15) is 0 Å². The minimum atomic E-state index is -1.87. The molecule has 72 valence electrons. The molecule has 1 aromatic rings. The molecular formula is C7H10FN3O2. The van der Waals surface area contributed by atoms with Gasteiger partial charge in [-0.25, -0.2) is 9.37 Å². The van der Waals surface area contributed by atoms with Gasteiger partial charge in [0.05, 0.1) is 12.0 Å². The van der Waals surface area contributed by atoms with Gasteiger partial charge in [0.2, 0.25) is 0 Å². The summed E-state index contributed by atoms with van der Waals surface area (Å²) in [4.78, 5) is 17.0. The first-order chi connectivity index (χ1) is 6.08. The third-order valence-electron chi connectivity index (χ3n) is 1.72. The Morgan fingerprint density at radius 3 is 2.92 bits per heavy atom. The van der Waals surface area contributed by atoms with Crippen molar-refractivity contribution in [1.82, 2.24) is 9.97 Å². The van der Waals surface area contributed by atoms with Gasteiger partial charge in [-0.1, -0.05) is 0 Å². The van der Waals surface area contributed by atoms with E-state index in [1.165, 1.54) is 12.5 Å². The predicted octanol–water partition coefficient (Wildman–Crippen LogP) is -0.296. The molecule has 0 aliphatic rings. The Balaban J connectivity index is 2.75. The summed E-state index contributed by atoms with van der Waals surface area (Å²) in [7, 11) is 0. The number of hydrogen-bond donors (Lipinski definition) is 3. The number of carboxylic acids is 1.